The number of fused-ring (bicyclic) bond motifs is 1. The molecule has 1 aliphatic rings. The lowest BCUT2D eigenvalue weighted by atomic mass is 10.1. The average molecular weight is 168 g/mol. The van der Waals surface area contributed by atoms with Crippen LogP contribution in [0.1, 0.15) is 30.5 Å². The standard InChI is InChI=1S/C9H10ClN/c1-6-2-3-8-9(6)7(10)4-5-11-8/h4-6H,2-3H2,1H3. The van der Waals surface area contributed by atoms with Crippen molar-refractivity contribution in [1.82, 2.24) is 4.98 Å². The van der Waals surface area contributed by atoms with E-state index >= 15 is 0 Å². The van der Waals surface area contributed by atoms with Crippen LogP contribution < -0.4 is 0 Å². The van der Waals surface area contributed by atoms with E-state index in [9.17, 15) is 0 Å². The predicted molar refractivity (Wildman–Crippen MR) is 46.0 cm³/mol. The van der Waals surface area contributed by atoms with Crippen LogP contribution in [0.5, 0.6) is 0 Å². The first-order valence-corrected chi connectivity index (χ1v) is 4.30. The second-order valence-electron chi connectivity index (χ2n) is 3.09. The van der Waals surface area contributed by atoms with Crippen molar-refractivity contribution in [3.63, 3.8) is 0 Å². The summed E-state index contributed by atoms with van der Waals surface area (Å²) in [6.45, 7) is 2.21. The summed E-state index contributed by atoms with van der Waals surface area (Å²) in [5, 5.41) is 0.889. The van der Waals surface area contributed by atoms with E-state index in [0.717, 1.165) is 11.4 Å². The third-order valence-corrected chi connectivity index (χ3v) is 2.66. The molecule has 0 fully saturated rings. The molecule has 1 aromatic rings. The maximum Gasteiger partial charge on any atom is 0.0474 e. The van der Waals surface area contributed by atoms with E-state index in [0.29, 0.717) is 5.92 Å². The van der Waals surface area contributed by atoms with E-state index in [4.69, 9.17) is 11.6 Å². The third kappa shape index (κ3) is 1.04. The molecule has 0 aliphatic heterocycles. The fourth-order valence-corrected chi connectivity index (χ4v) is 2.06. The van der Waals surface area contributed by atoms with Gasteiger partial charge in [0, 0.05) is 16.9 Å². The Kier molecular flexibility index (Phi) is 1.61. The van der Waals surface area contributed by atoms with Gasteiger partial charge in [0.2, 0.25) is 0 Å². The lowest BCUT2D eigenvalue weighted by Gasteiger charge is -2.04. The third-order valence-electron chi connectivity index (χ3n) is 2.33. The van der Waals surface area contributed by atoms with Crippen LogP contribution in [0.15, 0.2) is 12.3 Å². The molecule has 1 unspecified atom stereocenters. The highest BCUT2D eigenvalue weighted by Gasteiger charge is 2.21. The minimum Gasteiger partial charge on any atom is -0.261 e. The molecule has 0 saturated heterocycles. The summed E-state index contributed by atoms with van der Waals surface area (Å²) < 4.78 is 0. The summed E-state index contributed by atoms with van der Waals surface area (Å²) in [4.78, 5) is 4.29. The Morgan fingerprint density at radius 2 is 2.45 bits per heavy atom. The van der Waals surface area contributed by atoms with Crippen molar-refractivity contribution in [3.05, 3.63) is 28.5 Å². The van der Waals surface area contributed by atoms with Crippen LogP contribution in [-0.4, -0.2) is 4.98 Å². The Hall–Kier alpha value is -0.560. The summed E-state index contributed by atoms with van der Waals surface area (Å²) in [7, 11) is 0. The molecule has 11 heavy (non-hydrogen) atoms. The second-order valence-corrected chi connectivity index (χ2v) is 3.50. The average Bonchev–Trinajstić information content (AvgIpc) is 2.34. The fourth-order valence-electron chi connectivity index (χ4n) is 1.71. The van der Waals surface area contributed by atoms with Gasteiger partial charge in [-0.1, -0.05) is 18.5 Å². The van der Waals surface area contributed by atoms with E-state index in [1.807, 2.05) is 6.07 Å². The zero-order chi connectivity index (χ0) is 7.84. The molecule has 2 rings (SSSR count). The molecule has 0 spiro atoms. The number of rotatable bonds is 0. The molecular weight excluding hydrogens is 158 g/mol. The first-order valence-electron chi connectivity index (χ1n) is 3.92. The molecule has 2 heteroatoms. The summed E-state index contributed by atoms with van der Waals surface area (Å²) in [6, 6.07) is 1.88. The van der Waals surface area contributed by atoms with Crippen molar-refractivity contribution in [1.29, 1.82) is 0 Å². The number of nitrogens with zero attached hydrogens (tertiary/aromatic N) is 1. The first-order chi connectivity index (χ1) is 5.29. The Balaban J connectivity index is 2.58. The van der Waals surface area contributed by atoms with Crippen molar-refractivity contribution < 1.29 is 0 Å². The van der Waals surface area contributed by atoms with Gasteiger partial charge in [-0.25, -0.2) is 0 Å². The normalized spacial score (nSPS) is 21.8. The van der Waals surface area contributed by atoms with E-state index in [2.05, 4.69) is 11.9 Å². The van der Waals surface area contributed by atoms with Gasteiger partial charge in [0.25, 0.3) is 0 Å². The second kappa shape index (κ2) is 2.49. The van der Waals surface area contributed by atoms with E-state index in [-0.39, 0.29) is 0 Å². The Morgan fingerprint density at radius 3 is 3.18 bits per heavy atom. The number of hydrogen-bond donors (Lipinski definition) is 0. The quantitative estimate of drug-likeness (QED) is 0.579. The van der Waals surface area contributed by atoms with Gasteiger partial charge in [-0.05, 0) is 30.4 Å². The molecule has 0 radical (unpaired) electrons. The molecule has 1 heterocycles. The predicted octanol–water partition coefficient (Wildman–Crippen LogP) is 2.78. The van der Waals surface area contributed by atoms with Gasteiger partial charge in [-0.2, -0.15) is 0 Å². The summed E-state index contributed by atoms with van der Waals surface area (Å²) in [5.41, 5.74) is 2.47. The zero-order valence-corrected chi connectivity index (χ0v) is 7.23. The Labute approximate surface area is 71.4 Å². The SMILES string of the molecule is CC1CCc2nccc(Cl)c21. The molecule has 1 atom stereocenters. The monoisotopic (exact) mass is 167 g/mol. The molecule has 58 valence electrons. The number of halogens is 1. The molecule has 0 bridgehead atoms. The maximum atomic E-state index is 6.02. The summed E-state index contributed by atoms with van der Waals surface area (Å²) in [6.07, 6.45) is 4.09. The molecule has 0 amide bonds. The first kappa shape index (κ1) is 7.11. The number of aryl methyl sites for hydroxylation is 1. The highest BCUT2D eigenvalue weighted by Crippen LogP contribution is 2.35. The van der Waals surface area contributed by atoms with E-state index < -0.39 is 0 Å². The van der Waals surface area contributed by atoms with E-state index in [1.165, 1.54) is 17.7 Å². The number of hydrogen-bond acceptors (Lipinski definition) is 1. The lowest BCUT2D eigenvalue weighted by molar-refractivity contribution is 0.746. The summed E-state index contributed by atoms with van der Waals surface area (Å²) in [5.74, 6) is 0.603. The van der Waals surface area contributed by atoms with Gasteiger partial charge < -0.3 is 0 Å². The minimum atomic E-state index is 0.603. The van der Waals surface area contributed by atoms with Gasteiger partial charge >= 0.3 is 0 Å². The summed E-state index contributed by atoms with van der Waals surface area (Å²) >= 11 is 6.02. The van der Waals surface area contributed by atoms with Crippen molar-refractivity contribution >= 4 is 11.6 Å². The van der Waals surface area contributed by atoms with Crippen LogP contribution in [0.25, 0.3) is 0 Å². The van der Waals surface area contributed by atoms with Crippen LogP contribution in [0.3, 0.4) is 0 Å². The molecular formula is C9H10ClN. The van der Waals surface area contributed by atoms with Crippen molar-refractivity contribution in [2.75, 3.05) is 0 Å². The van der Waals surface area contributed by atoms with Gasteiger partial charge in [-0.3, -0.25) is 4.98 Å². The topological polar surface area (TPSA) is 12.9 Å². The molecule has 1 aromatic heterocycles. The van der Waals surface area contributed by atoms with Crippen LogP contribution in [0.4, 0.5) is 0 Å². The van der Waals surface area contributed by atoms with Crippen LogP contribution in [0, 0.1) is 0 Å². The van der Waals surface area contributed by atoms with Crippen LogP contribution >= 0.6 is 11.6 Å². The highest BCUT2D eigenvalue weighted by atomic mass is 35.5. The molecule has 0 saturated carbocycles. The largest absolute Gasteiger partial charge is 0.261 e. The van der Waals surface area contributed by atoms with Gasteiger partial charge in [0.15, 0.2) is 0 Å². The van der Waals surface area contributed by atoms with Crippen molar-refractivity contribution in [3.8, 4) is 0 Å². The number of aromatic nitrogens is 1. The Morgan fingerprint density at radius 1 is 1.64 bits per heavy atom. The molecule has 0 aromatic carbocycles. The van der Waals surface area contributed by atoms with Gasteiger partial charge in [0.1, 0.15) is 0 Å². The molecule has 1 nitrogen and oxygen atoms in total. The highest BCUT2D eigenvalue weighted by molar-refractivity contribution is 6.31. The fraction of sp³-hybridized carbons (Fsp3) is 0.444. The smallest absolute Gasteiger partial charge is 0.0474 e. The van der Waals surface area contributed by atoms with Gasteiger partial charge in [0.05, 0.1) is 0 Å². The van der Waals surface area contributed by atoms with Crippen LogP contribution in [0.2, 0.25) is 5.02 Å². The zero-order valence-electron chi connectivity index (χ0n) is 6.47. The number of pyridine rings is 1. The van der Waals surface area contributed by atoms with E-state index in [1.54, 1.807) is 6.20 Å². The van der Waals surface area contributed by atoms with Crippen molar-refractivity contribution in [2.45, 2.75) is 25.7 Å². The molecule has 1 aliphatic carbocycles. The Bertz CT molecular complexity index is 283. The lowest BCUT2D eigenvalue weighted by Crippen LogP contribution is -1.89. The minimum absolute atomic E-state index is 0.603. The van der Waals surface area contributed by atoms with Crippen molar-refractivity contribution in [2.24, 2.45) is 0 Å². The van der Waals surface area contributed by atoms with Gasteiger partial charge in [-0.15, -0.1) is 0 Å². The molecule has 0 N–H and O–H groups in total. The van der Waals surface area contributed by atoms with Crippen LogP contribution in [-0.2, 0) is 6.42 Å². The maximum absolute atomic E-state index is 6.02.